The molecule has 2 amide bonds. The van der Waals surface area contributed by atoms with Crippen molar-refractivity contribution in [1.29, 1.82) is 0 Å². The molecular weight excluding hydrogens is 878 g/mol. The Hall–Kier alpha value is -2.06. The van der Waals surface area contributed by atoms with E-state index in [0.29, 0.717) is 0 Å². The Labute approximate surface area is 364 Å². The molecule has 0 saturated carbocycles. The van der Waals surface area contributed by atoms with E-state index in [0.717, 1.165) is 0 Å². The van der Waals surface area contributed by atoms with Crippen LogP contribution in [0.15, 0.2) is 0 Å². The predicted octanol–water partition coefficient (Wildman–Crippen LogP) is -12.7. The van der Waals surface area contributed by atoms with E-state index in [1.807, 2.05) is 0 Å². The van der Waals surface area contributed by atoms with Crippen molar-refractivity contribution in [2.75, 3.05) is 52.9 Å². The molecule has 4 saturated heterocycles. The van der Waals surface area contributed by atoms with Crippen molar-refractivity contribution in [3.63, 3.8) is 0 Å². The van der Waals surface area contributed by atoms with E-state index in [9.17, 15) is 91.3 Å². The highest BCUT2D eigenvalue weighted by Gasteiger charge is 2.48. The summed E-state index contributed by atoms with van der Waals surface area (Å²) in [6.45, 7) is -5.57. The van der Waals surface area contributed by atoms with Crippen LogP contribution >= 0.6 is 0 Å². The van der Waals surface area contributed by atoms with E-state index in [1.165, 1.54) is 0 Å². The number of carbonyl (C=O) groups excluding carboxylic acids is 2. The third-order valence-electron chi connectivity index (χ3n) is 11.0. The molecule has 0 bridgehead atoms. The van der Waals surface area contributed by atoms with Crippen molar-refractivity contribution in [1.82, 2.24) is 10.6 Å². The third kappa shape index (κ3) is 13.8. The molecule has 4 fully saturated rings. The largest absolute Gasteiger partial charge is 0.394 e. The lowest BCUT2D eigenvalue weighted by molar-refractivity contribution is -0.309. The maximum atomic E-state index is 13.3. The minimum absolute atomic E-state index is 0.376. The lowest BCUT2D eigenvalue weighted by atomic mass is 9.99. The Bertz CT molecular complexity index is 1330. The van der Waals surface area contributed by atoms with Gasteiger partial charge < -0.3 is 136 Å². The van der Waals surface area contributed by atoms with Crippen LogP contribution in [-0.2, 0) is 47.5 Å². The van der Waals surface area contributed by atoms with Gasteiger partial charge in [-0.25, -0.2) is 0 Å². The molecular formula is C35H63N3O26. The average molecular weight is 942 g/mol. The maximum absolute atomic E-state index is 13.3. The number of carbonyl (C=O) groups is 2. The van der Waals surface area contributed by atoms with E-state index < -0.39 is 212 Å². The smallest absolute Gasteiger partial charge is 0.237 e. The van der Waals surface area contributed by atoms with Gasteiger partial charge in [0.15, 0.2) is 25.2 Å². The zero-order valence-corrected chi connectivity index (χ0v) is 34.2. The number of ether oxygens (including phenoxy) is 8. The van der Waals surface area contributed by atoms with Crippen LogP contribution in [0.25, 0.3) is 0 Å². The zero-order valence-electron chi connectivity index (χ0n) is 34.2. The first-order valence-electron chi connectivity index (χ1n) is 20.3. The van der Waals surface area contributed by atoms with Gasteiger partial charge in [0.05, 0.1) is 71.0 Å². The Morgan fingerprint density at radius 1 is 0.438 bits per heavy atom. The molecule has 0 aliphatic carbocycles. The zero-order chi connectivity index (χ0) is 47.6. The summed E-state index contributed by atoms with van der Waals surface area (Å²) in [6, 6.07) is -4.02. The number of hydrogen-bond donors (Lipinski definition) is 19. The van der Waals surface area contributed by atoms with Crippen LogP contribution < -0.4 is 16.4 Å². The topological polar surface area (TPSA) is 482 Å². The van der Waals surface area contributed by atoms with Gasteiger partial charge in [-0.15, -0.1) is 0 Å². The Kier molecular flexibility index (Phi) is 21.6. The van der Waals surface area contributed by atoms with Gasteiger partial charge in [-0.2, -0.15) is 0 Å². The van der Waals surface area contributed by atoms with Crippen molar-refractivity contribution in [2.24, 2.45) is 5.73 Å². The molecule has 29 nitrogen and oxygen atoms in total. The fraction of sp³-hybridized carbons (Fsp3) is 0.943. The molecule has 0 aromatic heterocycles. The fourth-order valence-corrected chi connectivity index (χ4v) is 6.95. The molecule has 1 unspecified atom stereocenters. The van der Waals surface area contributed by atoms with E-state index in [1.54, 1.807) is 0 Å². The first kappa shape index (κ1) is 54.5. The van der Waals surface area contributed by atoms with Crippen LogP contribution in [-0.4, -0.2) is 287 Å². The highest BCUT2D eigenvalue weighted by Crippen LogP contribution is 2.26. The van der Waals surface area contributed by atoms with E-state index in [4.69, 9.17) is 43.6 Å². The predicted molar refractivity (Wildman–Crippen MR) is 200 cm³/mol. The Balaban J connectivity index is 1.40. The fourth-order valence-electron chi connectivity index (χ4n) is 6.95. The van der Waals surface area contributed by atoms with Gasteiger partial charge in [-0.05, 0) is 6.42 Å². The molecule has 4 rings (SSSR count). The van der Waals surface area contributed by atoms with Crippen molar-refractivity contribution in [3.8, 4) is 0 Å². The van der Waals surface area contributed by atoms with Crippen molar-refractivity contribution >= 4 is 11.8 Å². The van der Waals surface area contributed by atoms with Crippen LogP contribution in [0, 0.1) is 0 Å². The quantitative estimate of drug-likeness (QED) is 0.0479. The summed E-state index contributed by atoms with van der Waals surface area (Å²) in [5.41, 5.74) is 6.10. The molecule has 4 aliphatic rings. The number of hydrogen-bond acceptors (Lipinski definition) is 27. The van der Waals surface area contributed by atoms with Gasteiger partial charge in [-0.3, -0.25) is 9.59 Å². The van der Waals surface area contributed by atoms with Gasteiger partial charge in [0.1, 0.15) is 97.7 Å². The molecule has 20 N–H and O–H groups in total. The summed E-state index contributed by atoms with van der Waals surface area (Å²) < 4.78 is 43.4. The first-order valence-corrected chi connectivity index (χ1v) is 20.3. The summed E-state index contributed by atoms with van der Waals surface area (Å²) in [6.07, 6.45) is -34.5. The van der Waals surface area contributed by atoms with E-state index in [2.05, 4.69) is 10.6 Å². The summed E-state index contributed by atoms with van der Waals surface area (Å²) in [7, 11) is 0. The number of aliphatic hydroxyl groups excluding tert-OH is 16. The van der Waals surface area contributed by atoms with E-state index >= 15 is 0 Å². The van der Waals surface area contributed by atoms with Crippen molar-refractivity contribution < 1.29 is 129 Å². The molecule has 64 heavy (non-hydrogen) atoms. The summed E-state index contributed by atoms with van der Waals surface area (Å²) in [5.74, 6) is -1.75. The Morgan fingerprint density at radius 2 is 0.703 bits per heavy atom. The summed E-state index contributed by atoms with van der Waals surface area (Å²) in [5, 5.41) is 166. The number of nitrogens with two attached hydrogens (primary N) is 1. The number of amides is 2. The molecule has 374 valence electrons. The minimum atomic E-state index is -1.85. The van der Waals surface area contributed by atoms with Crippen LogP contribution in [0.3, 0.4) is 0 Å². The van der Waals surface area contributed by atoms with Gasteiger partial charge in [-0.1, -0.05) is 0 Å². The molecule has 21 atom stereocenters. The monoisotopic (exact) mass is 941 g/mol. The second-order valence-corrected chi connectivity index (χ2v) is 15.7. The standard InChI is InChI=1S/C35H63N3O26/c36-13(31(56)38-12(9-59-34-29(54)25(50)21(46)16(5-41)63-34)10-60-35-30(55)26(51)22(47)17(6-42)64-35)1-2-18(43)37-11(7-57-32-27(52)23(48)19(44)14(3-39)61-32)8-58-33-28(53)24(49)20(45)15(4-40)62-33/h11-17,19-30,32-35,39-42,44-55H,1-10,36H2,(H,37,43)(H,38,56)/t13?,14-,15-,16-,17-,19-,20-,21-,22-,23+,24+,25+,26+,27+,28+,29+,30+,32+,33+,34+,35+/m1/s1. The minimum Gasteiger partial charge on any atom is -0.394 e. The molecule has 0 radical (unpaired) electrons. The lowest BCUT2D eigenvalue weighted by Gasteiger charge is -2.41. The second kappa shape index (κ2) is 25.3. The highest BCUT2D eigenvalue weighted by molar-refractivity contribution is 5.83. The average Bonchev–Trinajstić information content (AvgIpc) is 3.28. The molecule has 0 aromatic rings. The van der Waals surface area contributed by atoms with Gasteiger partial charge in [0, 0.05) is 6.42 Å². The third-order valence-corrected chi connectivity index (χ3v) is 11.0. The molecule has 29 heteroatoms. The van der Waals surface area contributed by atoms with Crippen molar-refractivity contribution in [2.45, 2.75) is 154 Å². The van der Waals surface area contributed by atoms with Crippen LogP contribution in [0.2, 0.25) is 0 Å². The number of nitrogens with one attached hydrogen (secondary N) is 2. The molecule has 0 aromatic carbocycles. The number of rotatable bonds is 22. The molecule has 4 heterocycles. The molecule has 4 aliphatic heterocycles. The number of aliphatic hydroxyl groups is 16. The SMILES string of the molecule is NC(CCC(=O)NC(CO[C@H]1O[C@H](CO)[C@@H](O)[C@H](O)[C@@H]1O)CO[C@H]1O[C@H](CO)[C@@H](O)[C@H](O)[C@@H]1O)C(=O)NC(CO[C@H]1O[C@H](CO)[C@@H](O)[C@H](O)[C@@H]1O)CO[C@H]1O[C@H](CO)[C@@H](O)[C@H](O)[C@@H]1O. The molecule has 0 spiro atoms. The first-order chi connectivity index (χ1) is 30.3. The van der Waals surface area contributed by atoms with Crippen LogP contribution in [0.5, 0.6) is 0 Å². The van der Waals surface area contributed by atoms with Gasteiger partial charge in [0.2, 0.25) is 11.8 Å². The van der Waals surface area contributed by atoms with E-state index in [-0.39, 0.29) is 6.42 Å². The van der Waals surface area contributed by atoms with Gasteiger partial charge >= 0.3 is 0 Å². The maximum Gasteiger partial charge on any atom is 0.237 e. The normalized spacial score (nSPS) is 41.2. The lowest BCUT2D eigenvalue weighted by Crippen LogP contribution is -2.60. The van der Waals surface area contributed by atoms with Crippen LogP contribution in [0.4, 0.5) is 0 Å². The van der Waals surface area contributed by atoms with Gasteiger partial charge in [0.25, 0.3) is 0 Å². The Morgan fingerprint density at radius 3 is 0.969 bits per heavy atom. The summed E-state index contributed by atoms with van der Waals surface area (Å²) in [4.78, 5) is 26.6. The highest BCUT2D eigenvalue weighted by atomic mass is 16.7. The second-order valence-electron chi connectivity index (χ2n) is 15.7. The van der Waals surface area contributed by atoms with Crippen molar-refractivity contribution in [3.05, 3.63) is 0 Å². The summed E-state index contributed by atoms with van der Waals surface area (Å²) >= 11 is 0. The van der Waals surface area contributed by atoms with Crippen LogP contribution in [0.1, 0.15) is 12.8 Å².